The third-order valence-corrected chi connectivity index (χ3v) is 1.95. The van der Waals surface area contributed by atoms with Gasteiger partial charge in [0.2, 0.25) is 0 Å². The molecule has 74 valence electrons. The van der Waals surface area contributed by atoms with Crippen LogP contribution in [0.15, 0.2) is 24.7 Å². The van der Waals surface area contributed by atoms with Crippen LogP contribution in [0.5, 0.6) is 0 Å². The van der Waals surface area contributed by atoms with E-state index in [9.17, 15) is 13.2 Å². The highest BCUT2D eigenvalue weighted by Gasteiger charge is 2.35. The molecule has 0 aliphatic carbocycles. The molecule has 0 aromatic carbocycles. The minimum Gasteiger partial charge on any atom is -0.305 e. The second-order valence-corrected chi connectivity index (χ2v) is 3.09. The van der Waals surface area contributed by atoms with E-state index in [4.69, 9.17) is 0 Å². The van der Waals surface area contributed by atoms with Gasteiger partial charge in [0.1, 0.15) is 0 Å². The number of pyridine rings is 1. The van der Waals surface area contributed by atoms with E-state index in [0.29, 0.717) is 0 Å². The van der Waals surface area contributed by atoms with E-state index in [-0.39, 0.29) is 5.52 Å². The average molecular weight is 200 g/mol. The number of fused-ring (bicyclic) bond motifs is 1. The van der Waals surface area contributed by atoms with Crippen molar-refractivity contribution in [3.05, 3.63) is 35.9 Å². The van der Waals surface area contributed by atoms with Crippen molar-refractivity contribution in [2.24, 2.45) is 0 Å². The lowest BCUT2D eigenvalue weighted by atomic mass is 10.2. The number of halogens is 3. The molecule has 0 spiro atoms. The lowest BCUT2D eigenvalue weighted by Crippen LogP contribution is -2.05. The van der Waals surface area contributed by atoms with Gasteiger partial charge in [0.05, 0.1) is 11.8 Å². The maximum absolute atomic E-state index is 12.4. The van der Waals surface area contributed by atoms with Crippen LogP contribution in [-0.4, -0.2) is 9.38 Å². The van der Waals surface area contributed by atoms with E-state index < -0.39 is 11.9 Å². The second-order valence-electron chi connectivity index (χ2n) is 3.09. The molecular weight excluding hydrogens is 193 g/mol. The van der Waals surface area contributed by atoms with Crippen molar-refractivity contribution in [3.63, 3.8) is 0 Å². The fraction of sp³-hybridized carbons (Fsp3) is 0.222. The van der Waals surface area contributed by atoms with Crippen LogP contribution in [0.2, 0.25) is 0 Å². The zero-order valence-corrected chi connectivity index (χ0v) is 7.34. The zero-order chi connectivity index (χ0) is 10.3. The first-order valence-corrected chi connectivity index (χ1v) is 3.99. The maximum Gasteiger partial charge on any atom is 0.435 e. The van der Waals surface area contributed by atoms with Gasteiger partial charge in [0.25, 0.3) is 0 Å². The Bertz CT molecular complexity index is 470. The summed E-state index contributed by atoms with van der Waals surface area (Å²) in [6, 6.07) is 3.05. The molecule has 2 heterocycles. The summed E-state index contributed by atoms with van der Waals surface area (Å²) in [7, 11) is 0. The number of hydrogen-bond donors (Lipinski definition) is 0. The van der Waals surface area contributed by atoms with E-state index in [1.165, 1.54) is 16.8 Å². The van der Waals surface area contributed by atoms with Crippen LogP contribution < -0.4 is 0 Å². The summed E-state index contributed by atoms with van der Waals surface area (Å²) in [5.41, 5.74) is 0.143. The van der Waals surface area contributed by atoms with Gasteiger partial charge in [0.15, 0.2) is 5.69 Å². The molecule has 0 aliphatic rings. The summed E-state index contributed by atoms with van der Waals surface area (Å²) in [6.45, 7) is 1.81. The summed E-state index contributed by atoms with van der Waals surface area (Å²) < 4.78 is 38.5. The maximum atomic E-state index is 12.4. The quantitative estimate of drug-likeness (QED) is 0.639. The van der Waals surface area contributed by atoms with Crippen LogP contribution in [-0.2, 0) is 6.18 Å². The van der Waals surface area contributed by atoms with Gasteiger partial charge >= 0.3 is 6.18 Å². The summed E-state index contributed by atoms with van der Waals surface area (Å²) in [5.74, 6) is 0. The van der Waals surface area contributed by atoms with Gasteiger partial charge < -0.3 is 4.40 Å². The summed E-state index contributed by atoms with van der Waals surface area (Å²) >= 11 is 0. The number of aryl methyl sites for hydroxylation is 1. The van der Waals surface area contributed by atoms with Gasteiger partial charge in [0, 0.05) is 6.20 Å². The molecule has 0 saturated carbocycles. The molecule has 2 aromatic rings. The zero-order valence-electron chi connectivity index (χ0n) is 7.34. The molecule has 0 aliphatic heterocycles. The molecule has 2 aromatic heterocycles. The second kappa shape index (κ2) is 2.73. The first-order chi connectivity index (χ1) is 6.48. The standard InChI is InChI=1S/C9H7F3N2/c1-6-2-3-7-8(9(10,11)12)13-5-14(7)4-6/h2-5H,1H3. The van der Waals surface area contributed by atoms with E-state index in [2.05, 4.69) is 4.98 Å². The summed E-state index contributed by atoms with van der Waals surface area (Å²) in [5, 5.41) is 0. The van der Waals surface area contributed by atoms with E-state index >= 15 is 0 Å². The fourth-order valence-corrected chi connectivity index (χ4v) is 1.33. The Morgan fingerprint density at radius 3 is 2.64 bits per heavy atom. The molecule has 14 heavy (non-hydrogen) atoms. The van der Waals surface area contributed by atoms with Crippen molar-refractivity contribution in [2.75, 3.05) is 0 Å². The van der Waals surface area contributed by atoms with Crippen molar-refractivity contribution in [3.8, 4) is 0 Å². The molecule has 2 nitrogen and oxygen atoms in total. The number of nitrogens with zero attached hydrogens (tertiary/aromatic N) is 2. The summed E-state index contributed by atoms with van der Waals surface area (Å²) in [6.07, 6.45) is -1.60. The SMILES string of the molecule is Cc1ccc2c(C(F)(F)F)ncn2c1. The Morgan fingerprint density at radius 1 is 1.29 bits per heavy atom. The predicted molar refractivity (Wildman–Crippen MR) is 44.9 cm³/mol. The largest absolute Gasteiger partial charge is 0.435 e. The van der Waals surface area contributed by atoms with Gasteiger partial charge in [-0.25, -0.2) is 4.98 Å². The van der Waals surface area contributed by atoms with Gasteiger partial charge in [-0.1, -0.05) is 6.07 Å². The highest BCUT2D eigenvalue weighted by molar-refractivity contribution is 5.53. The van der Waals surface area contributed by atoms with Crippen LogP contribution in [0, 0.1) is 6.92 Å². The summed E-state index contributed by atoms with van der Waals surface area (Å²) in [4.78, 5) is 3.35. The molecule has 2 rings (SSSR count). The predicted octanol–water partition coefficient (Wildman–Crippen LogP) is 2.66. The van der Waals surface area contributed by atoms with Crippen LogP contribution in [0.4, 0.5) is 13.2 Å². The third kappa shape index (κ3) is 1.34. The molecule has 0 N–H and O–H groups in total. The number of imidazole rings is 1. The minimum absolute atomic E-state index is 0.0862. The van der Waals surface area contributed by atoms with Crippen molar-refractivity contribution < 1.29 is 13.2 Å². The molecule has 0 unspecified atom stereocenters. The fourth-order valence-electron chi connectivity index (χ4n) is 1.33. The number of hydrogen-bond acceptors (Lipinski definition) is 1. The topological polar surface area (TPSA) is 17.3 Å². The average Bonchev–Trinajstić information content (AvgIpc) is 2.45. The molecule has 5 heteroatoms. The molecule has 0 amide bonds. The Labute approximate surface area is 78.0 Å². The molecule has 0 saturated heterocycles. The van der Waals surface area contributed by atoms with Crippen LogP contribution in [0.3, 0.4) is 0 Å². The first kappa shape index (κ1) is 9.05. The van der Waals surface area contributed by atoms with Gasteiger partial charge in [-0.2, -0.15) is 13.2 Å². The number of aromatic nitrogens is 2. The van der Waals surface area contributed by atoms with E-state index in [0.717, 1.165) is 5.56 Å². The van der Waals surface area contributed by atoms with Crippen molar-refractivity contribution in [1.82, 2.24) is 9.38 Å². The molecular formula is C9H7F3N2. The lowest BCUT2D eigenvalue weighted by molar-refractivity contribution is -0.139. The smallest absolute Gasteiger partial charge is 0.305 e. The molecule has 0 fully saturated rings. The van der Waals surface area contributed by atoms with Gasteiger partial charge in [-0.05, 0) is 18.6 Å². The van der Waals surface area contributed by atoms with Crippen LogP contribution in [0.1, 0.15) is 11.3 Å². The highest BCUT2D eigenvalue weighted by atomic mass is 19.4. The Kier molecular flexibility index (Phi) is 1.77. The number of rotatable bonds is 0. The Morgan fingerprint density at radius 2 is 2.00 bits per heavy atom. The monoisotopic (exact) mass is 200 g/mol. The first-order valence-electron chi connectivity index (χ1n) is 3.99. The Hall–Kier alpha value is -1.52. The van der Waals surface area contributed by atoms with E-state index in [1.807, 2.05) is 6.92 Å². The minimum atomic E-state index is -4.38. The van der Waals surface area contributed by atoms with Crippen LogP contribution >= 0.6 is 0 Å². The van der Waals surface area contributed by atoms with Crippen molar-refractivity contribution in [2.45, 2.75) is 13.1 Å². The van der Waals surface area contributed by atoms with Crippen molar-refractivity contribution in [1.29, 1.82) is 0 Å². The lowest BCUT2D eigenvalue weighted by Gasteiger charge is -2.03. The normalized spacial score (nSPS) is 12.3. The van der Waals surface area contributed by atoms with Gasteiger partial charge in [-0.15, -0.1) is 0 Å². The van der Waals surface area contributed by atoms with Crippen LogP contribution in [0.25, 0.3) is 5.52 Å². The Balaban J connectivity index is 2.70. The van der Waals surface area contributed by atoms with Crippen molar-refractivity contribution >= 4 is 5.52 Å². The highest BCUT2D eigenvalue weighted by Crippen LogP contribution is 2.31. The number of alkyl halides is 3. The third-order valence-electron chi connectivity index (χ3n) is 1.95. The van der Waals surface area contributed by atoms with Gasteiger partial charge in [-0.3, -0.25) is 0 Å². The molecule has 0 atom stereocenters. The molecule has 0 radical (unpaired) electrons. The molecule has 0 bridgehead atoms. The van der Waals surface area contributed by atoms with E-state index in [1.54, 1.807) is 12.3 Å².